The van der Waals surface area contributed by atoms with Crippen molar-refractivity contribution in [1.82, 2.24) is 0 Å². The molecule has 1 aromatic carbocycles. The second kappa shape index (κ2) is 4.73. The molecule has 1 fully saturated rings. The topological polar surface area (TPSA) is 47.3 Å². The first-order valence-electron chi connectivity index (χ1n) is 5.34. The smallest absolute Gasteiger partial charge is 0.103 e. The van der Waals surface area contributed by atoms with E-state index in [1.165, 1.54) is 0 Å². The number of aliphatic hydroxyl groups excluding tert-OH is 1. The number of anilines is 1. The van der Waals surface area contributed by atoms with Crippen molar-refractivity contribution in [2.75, 3.05) is 18.1 Å². The summed E-state index contributed by atoms with van der Waals surface area (Å²) in [5.74, 6) is 0. The molecule has 0 amide bonds. The molecule has 1 aromatic rings. The molecular formula is C12H13ClN2O. The lowest BCUT2D eigenvalue weighted by molar-refractivity contribution is 0.301. The average molecular weight is 237 g/mol. The zero-order valence-corrected chi connectivity index (χ0v) is 9.61. The Bertz CT molecular complexity index is 424. The Morgan fingerprint density at radius 1 is 1.50 bits per heavy atom. The van der Waals surface area contributed by atoms with Crippen LogP contribution in [0.5, 0.6) is 0 Å². The van der Waals surface area contributed by atoms with Gasteiger partial charge in [0.2, 0.25) is 0 Å². The predicted octanol–water partition coefficient (Wildman–Crippen LogP) is 2.17. The monoisotopic (exact) mass is 236 g/mol. The van der Waals surface area contributed by atoms with Gasteiger partial charge in [0, 0.05) is 12.6 Å². The van der Waals surface area contributed by atoms with Crippen LogP contribution in [0.1, 0.15) is 18.4 Å². The van der Waals surface area contributed by atoms with Crippen LogP contribution in [0.3, 0.4) is 0 Å². The Hall–Kier alpha value is -1.24. The largest absolute Gasteiger partial charge is 0.395 e. The SMILES string of the molecule is N#Cc1c(Cl)cccc1N(CCO)C1CC1. The van der Waals surface area contributed by atoms with Gasteiger partial charge in [-0.05, 0) is 25.0 Å². The minimum absolute atomic E-state index is 0.0912. The molecule has 0 saturated heterocycles. The predicted molar refractivity (Wildman–Crippen MR) is 63.6 cm³/mol. The quantitative estimate of drug-likeness (QED) is 0.872. The van der Waals surface area contributed by atoms with E-state index in [0.29, 0.717) is 23.2 Å². The highest BCUT2D eigenvalue weighted by Crippen LogP contribution is 2.35. The van der Waals surface area contributed by atoms with Gasteiger partial charge >= 0.3 is 0 Å². The minimum Gasteiger partial charge on any atom is -0.395 e. The molecule has 0 spiro atoms. The Morgan fingerprint density at radius 3 is 2.81 bits per heavy atom. The summed E-state index contributed by atoms with van der Waals surface area (Å²) in [6, 6.07) is 8.03. The molecule has 0 atom stereocenters. The summed E-state index contributed by atoms with van der Waals surface area (Å²) in [6.45, 7) is 0.646. The molecule has 0 bridgehead atoms. The minimum atomic E-state index is 0.0912. The van der Waals surface area contributed by atoms with Gasteiger partial charge in [0.1, 0.15) is 6.07 Å². The van der Waals surface area contributed by atoms with Gasteiger partial charge < -0.3 is 10.0 Å². The van der Waals surface area contributed by atoms with Gasteiger partial charge in [-0.25, -0.2) is 0 Å². The first-order chi connectivity index (χ1) is 7.77. The number of halogens is 1. The number of hydrogen-bond donors (Lipinski definition) is 1. The number of aliphatic hydroxyl groups is 1. The highest BCUT2D eigenvalue weighted by Gasteiger charge is 2.30. The maximum absolute atomic E-state index is 9.09. The van der Waals surface area contributed by atoms with E-state index >= 15 is 0 Å². The van der Waals surface area contributed by atoms with Crippen LogP contribution in [0.2, 0.25) is 5.02 Å². The molecule has 1 aliphatic rings. The van der Waals surface area contributed by atoms with Gasteiger partial charge in [0.25, 0.3) is 0 Å². The number of nitriles is 1. The molecule has 0 radical (unpaired) electrons. The van der Waals surface area contributed by atoms with E-state index in [2.05, 4.69) is 11.0 Å². The number of benzene rings is 1. The normalized spacial score (nSPS) is 14.6. The zero-order valence-electron chi connectivity index (χ0n) is 8.86. The van der Waals surface area contributed by atoms with Crippen LogP contribution in [-0.2, 0) is 0 Å². The fourth-order valence-corrected chi connectivity index (χ4v) is 2.07. The molecule has 1 saturated carbocycles. The van der Waals surface area contributed by atoms with Crippen molar-refractivity contribution < 1.29 is 5.11 Å². The Kier molecular flexibility index (Phi) is 3.33. The van der Waals surface area contributed by atoms with Crippen LogP contribution < -0.4 is 4.90 Å². The van der Waals surface area contributed by atoms with Crippen molar-refractivity contribution in [3.05, 3.63) is 28.8 Å². The van der Waals surface area contributed by atoms with E-state index in [4.69, 9.17) is 22.0 Å². The van der Waals surface area contributed by atoms with Crippen LogP contribution in [0, 0.1) is 11.3 Å². The summed E-state index contributed by atoms with van der Waals surface area (Å²) in [5.41, 5.74) is 1.34. The highest BCUT2D eigenvalue weighted by molar-refractivity contribution is 6.32. The van der Waals surface area contributed by atoms with E-state index < -0.39 is 0 Å². The summed E-state index contributed by atoms with van der Waals surface area (Å²) < 4.78 is 0. The van der Waals surface area contributed by atoms with E-state index in [1.54, 1.807) is 6.07 Å². The van der Waals surface area contributed by atoms with Crippen LogP contribution in [0.25, 0.3) is 0 Å². The standard InChI is InChI=1S/C12H13ClN2O/c13-11-2-1-3-12(10(11)8-14)15(6-7-16)9-4-5-9/h1-3,9,16H,4-7H2. The van der Waals surface area contributed by atoms with Crippen molar-refractivity contribution in [3.63, 3.8) is 0 Å². The summed E-state index contributed by atoms with van der Waals surface area (Å²) in [6.07, 6.45) is 2.24. The molecule has 0 aromatic heterocycles. The summed E-state index contributed by atoms with van der Waals surface area (Å²) in [4.78, 5) is 2.07. The van der Waals surface area contributed by atoms with Gasteiger partial charge in [0.15, 0.2) is 0 Å². The lowest BCUT2D eigenvalue weighted by Gasteiger charge is -2.24. The number of rotatable bonds is 4. The second-order valence-corrected chi connectivity index (χ2v) is 4.30. The van der Waals surface area contributed by atoms with Crippen LogP contribution in [0.15, 0.2) is 18.2 Å². The molecule has 16 heavy (non-hydrogen) atoms. The highest BCUT2D eigenvalue weighted by atomic mass is 35.5. The molecule has 0 unspecified atom stereocenters. The first kappa shape index (κ1) is 11.3. The molecule has 4 heteroatoms. The Morgan fingerprint density at radius 2 is 2.25 bits per heavy atom. The van der Waals surface area contributed by atoms with Crippen molar-refractivity contribution in [2.45, 2.75) is 18.9 Å². The van der Waals surface area contributed by atoms with E-state index in [1.807, 2.05) is 12.1 Å². The summed E-state index contributed by atoms with van der Waals surface area (Å²) in [7, 11) is 0. The Labute approximate surface area is 99.9 Å². The zero-order chi connectivity index (χ0) is 11.5. The third-order valence-corrected chi connectivity index (χ3v) is 3.06. The van der Waals surface area contributed by atoms with Gasteiger partial charge in [-0.15, -0.1) is 0 Å². The third kappa shape index (κ3) is 2.13. The number of nitrogens with zero attached hydrogens (tertiary/aromatic N) is 2. The molecule has 0 aliphatic heterocycles. The van der Waals surface area contributed by atoms with E-state index in [9.17, 15) is 0 Å². The van der Waals surface area contributed by atoms with Gasteiger partial charge in [-0.3, -0.25) is 0 Å². The molecule has 84 valence electrons. The fourth-order valence-electron chi connectivity index (χ4n) is 1.86. The molecule has 0 heterocycles. The maximum Gasteiger partial charge on any atom is 0.103 e. The lowest BCUT2D eigenvalue weighted by atomic mass is 10.1. The Balaban J connectivity index is 2.37. The van der Waals surface area contributed by atoms with E-state index in [0.717, 1.165) is 18.5 Å². The van der Waals surface area contributed by atoms with Crippen molar-refractivity contribution in [2.24, 2.45) is 0 Å². The molecule has 3 nitrogen and oxygen atoms in total. The van der Waals surface area contributed by atoms with Crippen LogP contribution in [0.4, 0.5) is 5.69 Å². The third-order valence-electron chi connectivity index (χ3n) is 2.74. The molecule has 2 rings (SSSR count). The van der Waals surface area contributed by atoms with Gasteiger partial charge in [0.05, 0.1) is 22.9 Å². The second-order valence-electron chi connectivity index (χ2n) is 3.89. The van der Waals surface area contributed by atoms with E-state index in [-0.39, 0.29) is 6.61 Å². The fraction of sp³-hybridized carbons (Fsp3) is 0.417. The van der Waals surface area contributed by atoms with Crippen LogP contribution >= 0.6 is 11.6 Å². The maximum atomic E-state index is 9.09. The van der Waals surface area contributed by atoms with Crippen LogP contribution in [-0.4, -0.2) is 24.3 Å². The molecular weight excluding hydrogens is 224 g/mol. The molecule has 1 N–H and O–H groups in total. The van der Waals surface area contributed by atoms with Crippen molar-refractivity contribution in [1.29, 1.82) is 5.26 Å². The first-order valence-corrected chi connectivity index (χ1v) is 5.72. The molecule has 1 aliphatic carbocycles. The number of hydrogen-bond acceptors (Lipinski definition) is 3. The van der Waals surface area contributed by atoms with Gasteiger partial charge in [-0.1, -0.05) is 17.7 Å². The lowest BCUT2D eigenvalue weighted by Crippen LogP contribution is -2.29. The van der Waals surface area contributed by atoms with Crippen molar-refractivity contribution >= 4 is 17.3 Å². The average Bonchev–Trinajstić information content (AvgIpc) is 3.09. The van der Waals surface area contributed by atoms with Crippen molar-refractivity contribution in [3.8, 4) is 6.07 Å². The summed E-state index contributed by atoms with van der Waals surface area (Å²) in [5, 5.41) is 18.6. The summed E-state index contributed by atoms with van der Waals surface area (Å²) >= 11 is 5.99. The van der Waals surface area contributed by atoms with Gasteiger partial charge in [-0.2, -0.15) is 5.26 Å².